The summed E-state index contributed by atoms with van der Waals surface area (Å²) in [5, 5.41) is 3.25. The molecule has 0 atom stereocenters. The average Bonchev–Trinajstić information content (AvgIpc) is 2.53. The predicted octanol–water partition coefficient (Wildman–Crippen LogP) is 0.649. The molecule has 2 heterocycles. The Kier molecular flexibility index (Phi) is 6.01. The van der Waals surface area contributed by atoms with Gasteiger partial charge in [-0.05, 0) is 13.0 Å². The maximum atomic E-state index is 6.22. The normalized spacial score (nSPS) is 16.2. The van der Waals surface area contributed by atoms with Gasteiger partial charge in [0.05, 0.1) is 0 Å². The van der Waals surface area contributed by atoms with Crippen LogP contribution >= 0.6 is 0 Å². The lowest BCUT2D eigenvalue weighted by atomic mass is 10.3. The SMILES string of the molecule is CCN1CCN(c2ncnc(NCCCOC)c2N)CC1. The average molecular weight is 294 g/mol. The lowest BCUT2D eigenvalue weighted by Crippen LogP contribution is -2.46. The Balaban J connectivity index is 1.97. The van der Waals surface area contributed by atoms with E-state index in [2.05, 4.69) is 32.0 Å². The minimum atomic E-state index is 0.639. The second-order valence-corrected chi connectivity index (χ2v) is 5.15. The fraction of sp³-hybridized carbons (Fsp3) is 0.714. The summed E-state index contributed by atoms with van der Waals surface area (Å²) in [5.74, 6) is 1.56. The summed E-state index contributed by atoms with van der Waals surface area (Å²) in [5.41, 5.74) is 6.86. The lowest BCUT2D eigenvalue weighted by molar-refractivity contribution is 0.198. The van der Waals surface area contributed by atoms with Gasteiger partial charge in [-0.25, -0.2) is 9.97 Å². The van der Waals surface area contributed by atoms with Crippen LogP contribution < -0.4 is 16.0 Å². The molecular formula is C14H26N6O. The molecule has 7 nitrogen and oxygen atoms in total. The molecule has 1 aromatic heterocycles. The van der Waals surface area contributed by atoms with Crippen LogP contribution in [0.3, 0.4) is 0 Å². The van der Waals surface area contributed by atoms with Crippen LogP contribution in [-0.4, -0.2) is 67.9 Å². The van der Waals surface area contributed by atoms with Crippen molar-refractivity contribution in [1.82, 2.24) is 14.9 Å². The number of nitrogens with two attached hydrogens (primary N) is 1. The molecule has 0 bridgehead atoms. The summed E-state index contributed by atoms with van der Waals surface area (Å²) in [7, 11) is 1.70. The maximum Gasteiger partial charge on any atom is 0.157 e. The van der Waals surface area contributed by atoms with E-state index >= 15 is 0 Å². The van der Waals surface area contributed by atoms with Crippen LogP contribution in [0.25, 0.3) is 0 Å². The Morgan fingerprint density at radius 2 is 2.05 bits per heavy atom. The van der Waals surface area contributed by atoms with Gasteiger partial charge >= 0.3 is 0 Å². The van der Waals surface area contributed by atoms with Crippen LogP contribution in [0.4, 0.5) is 17.3 Å². The first-order valence-electron chi connectivity index (χ1n) is 7.56. The first kappa shape index (κ1) is 15.8. The van der Waals surface area contributed by atoms with Gasteiger partial charge in [-0.2, -0.15) is 0 Å². The number of rotatable bonds is 7. The highest BCUT2D eigenvalue weighted by molar-refractivity contribution is 5.74. The van der Waals surface area contributed by atoms with Crippen molar-refractivity contribution in [2.45, 2.75) is 13.3 Å². The Bertz CT molecular complexity index is 433. The number of nitrogen functional groups attached to an aromatic ring is 1. The Labute approximate surface area is 126 Å². The molecule has 118 valence electrons. The minimum Gasteiger partial charge on any atom is -0.393 e. The minimum absolute atomic E-state index is 0.639. The van der Waals surface area contributed by atoms with E-state index in [0.29, 0.717) is 11.5 Å². The van der Waals surface area contributed by atoms with Gasteiger partial charge in [0.2, 0.25) is 0 Å². The maximum absolute atomic E-state index is 6.22. The fourth-order valence-corrected chi connectivity index (χ4v) is 2.48. The van der Waals surface area contributed by atoms with Crippen LogP contribution in [0.2, 0.25) is 0 Å². The van der Waals surface area contributed by atoms with Gasteiger partial charge in [-0.1, -0.05) is 6.92 Å². The molecule has 0 unspecified atom stereocenters. The lowest BCUT2D eigenvalue weighted by Gasteiger charge is -2.35. The number of methoxy groups -OCH3 is 1. The number of hydrogen-bond acceptors (Lipinski definition) is 7. The zero-order chi connectivity index (χ0) is 15.1. The second kappa shape index (κ2) is 7.99. The van der Waals surface area contributed by atoms with E-state index in [0.717, 1.165) is 58.1 Å². The molecule has 7 heteroatoms. The molecule has 21 heavy (non-hydrogen) atoms. The highest BCUT2D eigenvalue weighted by Gasteiger charge is 2.20. The van der Waals surface area contributed by atoms with Crippen LogP contribution in [0.5, 0.6) is 0 Å². The van der Waals surface area contributed by atoms with Crippen molar-refractivity contribution >= 4 is 17.3 Å². The standard InChI is InChI=1S/C14H26N6O/c1-3-19-6-8-20(9-7-19)14-12(15)13(17-11-18-14)16-5-4-10-21-2/h11H,3-10,15H2,1-2H3,(H,16,17,18). The number of hydrogen-bond donors (Lipinski definition) is 2. The molecule has 0 aromatic carbocycles. The molecule has 0 amide bonds. The Hall–Kier alpha value is -1.60. The first-order valence-corrected chi connectivity index (χ1v) is 7.56. The number of likely N-dealkylation sites (N-methyl/N-ethyl adjacent to an activating group) is 1. The topological polar surface area (TPSA) is 79.5 Å². The first-order chi connectivity index (χ1) is 10.3. The number of ether oxygens (including phenoxy) is 1. The molecule has 1 aliphatic heterocycles. The number of nitrogens with zero attached hydrogens (tertiary/aromatic N) is 4. The summed E-state index contributed by atoms with van der Waals surface area (Å²) in [4.78, 5) is 13.3. The molecule has 2 rings (SSSR count). The zero-order valence-corrected chi connectivity index (χ0v) is 13.0. The van der Waals surface area contributed by atoms with E-state index in [-0.39, 0.29) is 0 Å². The highest BCUT2D eigenvalue weighted by atomic mass is 16.5. The van der Waals surface area contributed by atoms with Crippen molar-refractivity contribution in [3.63, 3.8) is 0 Å². The quantitative estimate of drug-likeness (QED) is 0.715. The molecular weight excluding hydrogens is 268 g/mol. The van der Waals surface area contributed by atoms with E-state index in [1.165, 1.54) is 0 Å². The van der Waals surface area contributed by atoms with Crippen LogP contribution in [-0.2, 0) is 4.74 Å². The molecule has 0 spiro atoms. The van der Waals surface area contributed by atoms with Gasteiger partial charge in [0.15, 0.2) is 11.6 Å². The van der Waals surface area contributed by atoms with Crippen molar-refractivity contribution in [2.24, 2.45) is 0 Å². The monoisotopic (exact) mass is 294 g/mol. The Morgan fingerprint density at radius 1 is 1.29 bits per heavy atom. The molecule has 1 aromatic rings. The third-order valence-electron chi connectivity index (χ3n) is 3.80. The van der Waals surface area contributed by atoms with Gasteiger partial charge in [0, 0.05) is 46.4 Å². The summed E-state index contributed by atoms with van der Waals surface area (Å²) >= 11 is 0. The fourth-order valence-electron chi connectivity index (χ4n) is 2.48. The van der Waals surface area contributed by atoms with E-state index in [1.807, 2.05) is 0 Å². The van der Waals surface area contributed by atoms with Crippen LogP contribution in [0.1, 0.15) is 13.3 Å². The van der Waals surface area contributed by atoms with Crippen molar-refractivity contribution in [3.05, 3.63) is 6.33 Å². The van der Waals surface area contributed by atoms with Crippen molar-refractivity contribution in [1.29, 1.82) is 0 Å². The predicted molar refractivity (Wildman–Crippen MR) is 85.8 cm³/mol. The third kappa shape index (κ3) is 4.18. The smallest absolute Gasteiger partial charge is 0.157 e. The van der Waals surface area contributed by atoms with Gasteiger partial charge in [-0.15, -0.1) is 0 Å². The van der Waals surface area contributed by atoms with Crippen LogP contribution in [0, 0.1) is 0 Å². The van der Waals surface area contributed by atoms with Gasteiger partial charge in [0.25, 0.3) is 0 Å². The van der Waals surface area contributed by atoms with Gasteiger partial charge < -0.3 is 25.6 Å². The third-order valence-corrected chi connectivity index (χ3v) is 3.80. The molecule has 0 radical (unpaired) electrons. The van der Waals surface area contributed by atoms with Gasteiger partial charge in [-0.3, -0.25) is 0 Å². The second-order valence-electron chi connectivity index (χ2n) is 5.15. The summed E-state index contributed by atoms with van der Waals surface area (Å²) in [6.07, 6.45) is 2.50. The van der Waals surface area contributed by atoms with E-state index in [9.17, 15) is 0 Å². The molecule has 1 saturated heterocycles. The van der Waals surface area contributed by atoms with E-state index in [4.69, 9.17) is 10.5 Å². The van der Waals surface area contributed by atoms with E-state index < -0.39 is 0 Å². The summed E-state index contributed by atoms with van der Waals surface area (Å²) < 4.78 is 5.03. The van der Waals surface area contributed by atoms with Gasteiger partial charge in [0.1, 0.15) is 12.0 Å². The molecule has 1 fully saturated rings. The van der Waals surface area contributed by atoms with Crippen molar-refractivity contribution in [2.75, 3.05) is 68.9 Å². The molecule has 0 saturated carbocycles. The van der Waals surface area contributed by atoms with Crippen molar-refractivity contribution < 1.29 is 4.74 Å². The molecule has 3 N–H and O–H groups in total. The summed E-state index contributed by atoms with van der Waals surface area (Å²) in [6.45, 7) is 8.82. The zero-order valence-electron chi connectivity index (χ0n) is 13.0. The van der Waals surface area contributed by atoms with Crippen LogP contribution in [0.15, 0.2) is 6.33 Å². The number of nitrogens with one attached hydrogen (secondary N) is 1. The Morgan fingerprint density at radius 3 is 2.71 bits per heavy atom. The van der Waals surface area contributed by atoms with E-state index in [1.54, 1.807) is 13.4 Å². The van der Waals surface area contributed by atoms with Crippen molar-refractivity contribution in [3.8, 4) is 0 Å². The largest absolute Gasteiger partial charge is 0.393 e. The highest BCUT2D eigenvalue weighted by Crippen LogP contribution is 2.26. The molecule has 1 aliphatic rings. The summed E-state index contributed by atoms with van der Waals surface area (Å²) in [6, 6.07) is 0. The number of piperazine rings is 1. The molecule has 0 aliphatic carbocycles. The number of anilines is 3. The number of aromatic nitrogens is 2.